The number of nitrogens with zero attached hydrogens (tertiary/aromatic N) is 1. The van der Waals surface area contributed by atoms with Gasteiger partial charge in [-0.05, 0) is 62.6 Å². The number of non-ortho nitro benzene ring substituents is 1. The molecule has 1 amide bonds. The van der Waals surface area contributed by atoms with E-state index >= 15 is 0 Å². The third-order valence-corrected chi connectivity index (χ3v) is 8.15. The highest BCUT2D eigenvalue weighted by molar-refractivity contribution is 7.17. The second-order valence-corrected chi connectivity index (χ2v) is 10.2. The van der Waals surface area contributed by atoms with Crippen molar-refractivity contribution in [2.45, 2.75) is 57.9 Å². The van der Waals surface area contributed by atoms with E-state index in [1.807, 2.05) is 5.32 Å². The number of ether oxygens (including phenoxy) is 1. The first-order chi connectivity index (χ1) is 17.0. The molecule has 184 valence electrons. The number of esters is 1. The number of carbonyl (C=O) groups is 2. The molecule has 2 aromatic heterocycles. The number of H-pyrrole nitrogens is 1. The first kappa shape index (κ1) is 23.5. The monoisotopic (exact) mass is 497 g/mol. The lowest BCUT2D eigenvalue weighted by Gasteiger charge is -2.20. The Morgan fingerprint density at radius 3 is 2.83 bits per heavy atom. The normalized spacial score (nSPS) is 17.0. The number of hydrogen-bond donors (Lipinski definition) is 3. The standard InChI is InChI=1S/C25H28N4O5S/c1-2-34-25(31)22-16-6-3-4-9-20(16)35-24(22)28-21(30)13-26-19-8-5-7-15-17-12-14(29(32)33)10-11-18(17)27-23(15)19/h10-12,19,26-27H,2-9,13H2,1H3,(H,28,30)/p+1. The quantitative estimate of drug-likeness (QED) is 0.260. The number of fused-ring (bicyclic) bond motifs is 4. The number of quaternary nitrogens is 1. The van der Waals surface area contributed by atoms with Crippen LogP contribution in [0, 0.1) is 10.1 Å². The molecule has 1 aromatic carbocycles. The number of anilines is 1. The van der Waals surface area contributed by atoms with Crippen LogP contribution in [0.15, 0.2) is 18.2 Å². The SMILES string of the molecule is CCOC(=O)c1c(NC(=O)C[NH2+]C2CCCc3c2[nH]c2ccc([N+](=O)[O-])cc32)sc2c1CCCC2. The van der Waals surface area contributed by atoms with Crippen molar-refractivity contribution < 1.29 is 24.6 Å². The third-order valence-electron chi connectivity index (χ3n) is 6.94. The van der Waals surface area contributed by atoms with E-state index in [1.54, 1.807) is 19.1 Å². The lowest BCUT2D eigenvalue weighted by Crippen LogP contribution is -2.87. The van der Waals surface area contributed by atoms with Gasteiger partial charge in [-0.2, -0.15) is 0 Å². The number of aromatic nitrogens is 1. The number of aromatic amines is 1. The van der Waals surface area contributed by atoms with Gasteiger partial charge in [-0.15, -0.1) is 11.3 Å². The summed E-state index contributed by atoms with van der Waals surface area (Å²) in [5.41, 5.74) is 4.67. The van der Waals surface area contributed by atoms with Crippen molar-refractivity contribution >= 4 is 44.8 Å². The highest BCUT2D eigenvalue weighted by atomic mass is 32.1. The zero-order valence-electron chi connectivity index (χ0n) is 19.6. The van der Waals surface area contributed by atoms with Crippen LogP contribution in [-0.4, -0.2) is 34.9 Å². The number of nitrogens with one attached hydrogen (secondary N) is 2. The molecule has 0 spiro atoms. The van der Waals surface area contributed by atoms with Crippen LogP contribution in [-0.2, 0) is 28.8 Å². The van der Waals surface area contributed by atoms with Crippen molar-refractivity contribution in [2.24, 2.45) is 0 Å². The summed E-state index contributed by atoms with van der Waals surface area (Å²) >= 11 is 1.49. The van der Waals surface area contributed by atoms with Crippen molar-refractivity contribution in [2.75, 3.05) is 18.5 Å². The molecule has 9 nitrogen and oxygen atoms in total. The number of aryl methyl sites for hydroxylation is 2. The summed E-state index contributed by atoms with van der Waals surface area (Å²) in [6.07, 6.45) is 6.62. The fourth-order valence-electron chi connectivity index (χ4n) is 5.33. The number of rotatable bonds is 7. The molecule has 0 bridgehead atoms. The molecule has 1 unspecified atom stereocenters. The summed E-state index contributed by atoms with van der Waals surface area (Å²) in [7, 11) is 0. The fourth-order valence-corrected chi connectivity index (χ4v) is 6.63. The second-order valence-electron chi connectivity index (χ2n) is 9.13. The highest BCUT2D eigenvalue weighted by Gasteiger charge is 2.30. The maximum absolute atomic E-state index is 12.9. The first-order valence-corrected chi connectivity index (χ1v) is 13.0. The van der Waals surface area contributed by atoms with Gasteiger partial charge in [0.2, 0.25) is 0 Å². The molecule has 2 heterocycles. The van der Waals surface area contributed by atoms with Crippen LogP contribution in [0.25, 0.3) is 10.9 Å². The van der Waals surface area contributed by atoms with Gasteiger partial charge in [-0.25, -0.2) is 4.79 Å². The molecule has 3 aromatic rings. The molecule has 2 aliphatic rings. The highest BCUT2D eigenvalue weighted by Crippen LogP contribution is 2.39. The van der Waals surface area contributed by atoms with E-state index in [0.717, 1.165) is 72.7 Å². The second kappa shape index (κ2) is 9.79. The average Bonchev–Trinajstić information content (AvgIpc) is 3.40. The molecule has 1 atom stereocenters. The van der Waals surface area contributed by atoms with Crippen LogP contribution in [0.5, 0.6) is 0 Å². The van der Waals surface area contributed by atoms with Crippen LogP contribution in [0.2, 0.25) is 0 Å². The Balaban J connectivity index is 1.31. The number of nitrogens with two attached hydrogens (primary N) is 1. The zero-order valence-corrected chi connectivity index (χ0v) is 20.5. The van der Waals surface area contributed by atoms with Gasteiger partial charge in [0.15, 0.2) is 6.54 Å². The molecule has 0 saturated heterocycles. The van der Waals surface area contributed by atoms with Crippen molar-refractivity contribution in [3.8, 4) is 0 Å². The van der Waals surface area contributed by atoms with E-state index in [1.165, 1.54) is 22.3 Å². The summed E-state index contributed by atoms with van der Waals surface area (Å²) in [5.74, 6) is -0.525. The first-order valence-electron chi connectivity index (χ1n) is 12.2. The molecular weight excluding hydrogens is 468 g/mol. The van der Waals surface area contributed by atoms with E-state index in [-0.39, 0.29) is 35.1 Å². The van der Waals surface area contributed by atoms with Gasteiger partial charge in [0.05, 0.1) is 22.8 Å². The number of benzene rings is 1. The fraction of sp³-hybridized carbons (Fsp3) is 0.440. The molecule has 0 saturated carbocycles. The molecule has 10 heteroatoms. The van der Waals surface area contributed by atoms with Gasteiger partial charge >= 0.3 is 5.97 Å². The maximum Gasteiger partial charge on any atom is 0.341 e. The minimum Gasteiger partial charge on any atom is -0.462 e. The predicted molar refractivity (Wildman–Crippen MR) is 133 cm³/mol. The zero-order chi connectivity index (χ0) is 24.5. The summed E-state index contributed by atoms with van der Waals surface area (Å²) in [6.45, 7) is 2.29. The number of thiophene rings is 1. The summed E-state index contributed by atoms with van der Waals surface area (Å²) in [5, 5.41) is 17.7. The van der Waals surface area contributed by atoms with Gasteiger partial charge in [-0.3, -0.25) is 14.9 Å². The Hall–Kier alpha value is -3.24. The van der Waals surface area contributed by atoms with E-state index < -0.39 is 0 Å². The van der Waals surface area contributed by atoms with Crippen LogP contribution < -0.4 is 10.6 Å². The Labute approximate surface area is 206 Å². The number of hydrogen-bond acceptors (Lipinski definition) is 6. The number of nitro groups is 1. The van der Waals surface area contributed by atoms with E-state index in [4.69, 9.17) is 4.74 Å². The number of nitro benzene ring substituents is 1. The van der Waals surface area contributed by atoms with Crippen LogP contribution in [0.4, 0.5) is 10.7 Å². The molecular formula is C25H29N4O5S+. The summed E-state index contributed by atoms with van der Waals surface area (Å²) in [4.78, 5) is 41.0. The van der Waals surface area contributed by atoms with E-state index in [2.05, 4.69) is 10.3 Å². The van der Waals surface area contributed by atoms with Crippen molar-refractivity contribution in [1.29, 1.82) is 0 Å². The van der Waals surface area contributed by atoms with Crippen molar-refractivity contribution in [1.82, 2.24) is 4.98 Å². The Morgan fingerprint density at radius 2 is 2.03 bits per heavy atom. The van der Waals surface area contributed by atoms with Gasteiger partial charge < -0.3 is 20.4 Å². The average molecular weight is 498 g/mol. The smallest absolute Gasteiger partial charge is 0.341 e. The molecule has 2 aliphatic carbocycles. The van der Waals surface area contributed by atoms with Gasteiger partial charge in [0, 0.05) is 34.3 Å². The number of amides is 1. The Kier molecular flexibility index (Phi) is 6.57. The van der Waals surface area contributed by atoms with Crippen LogP contribution >= 0.6 is 11.3 Å². The topological polar surface area (TPSA) is 131 Å². The molecule has 5 rings (SSSR count). The van der Waals surface area contributed by atoms with Gasteiger partial charge in [0.1, 0.15) is 11.0 Å². The van der Waals surface area contributed by atoms with E-state index in [9.17, 15) is 19.7 Å². The largest absolute Gasteiger partial charge is 0.462 e. The van der Waals surface area contributed by atoms with Crippen molar-refractivity contribution in [3.05, 3.63) is 55.6 Å². The molecule has 35 heavy (non-hydrogen) atoms. The Bertz CT molecular complexity index is 1310. The lowest BCUT2D eigenvalue weighted by atomic mass is 9.91. The summed E-state index contributed by atoms with van der Waals surface area (Å²) < 4.78 is 5.28. The van der Waals surface area contributed by atoms with E-state index in [0.29, 0.717) is 17.2 Å². The van der Waals surface area contributed by atoms with Gasteiger partial charge in [-0.1, -0.05) is 0 Å². The van der Waals surface area contributed by atoms with Crippen molar-refractivity contribution in [3.63, 3.8) is 0 Å². The lowest BCUT2D eigenvalue weighted by molar-refractivity contribution is -0.687. The molecule has 4 N–H and O–H groups in total. The van der Waals surface area contributed by atoms with Crippen LogP contribution in [0.3, 0.4) is 0 Å². The number of carbonyl (C=O) groups excluding carboxylic acids is 2. The summed E-state index contributed by atoms with van der Waals surface area (Å²) in [6, 6.07) is 4.97. The molecule has 0 fully saturated rings. The molecule has 0 radical (unpaired) electrons. The minimum absolute atomic E-state index is 0.0667. The third kappa shape index (κ3) is 4.55. The molecule has 0 aliphatic heterocycles. The Morgan fingerprint density at radius 1 is 1.23 bits per heavy atom. The minimum atomic E-state index is -0.372. The maximum atomic E-state index is 12.9. The van der Waals surface area contributed by atoms with Crippen LogP contribution in [0.1, 0.15) is 70.7 Å². The predicted octanol–water partition coefficient (Wildman–Crippen LogP) is 3.77. The van der Waals surface area contributed by atoms with Gasteiger partial charge in [0.25, 0.3) is 11.6 Å².